The number of hydrogen-bond donors (Lipinski definition) is 0. The maximum absolute atomic E-state index is 12.3. The lowest BCUT2D eigenvalue weighted by Gasteiger charge is -2.00. The number of halogens is 1. The number of rotatable bonds is 5. The number of carbonyl (C=O) groups is 1. The molecule has 124 valence electrons. The lowest BCUT2D eigenvalue weighted by Crippen LogP contribution is -2.41. The van der Waals surface area contributed by atoms with E-state index in [0.717, 1.165) is 11.3 Å². The summed E-state index contributed by atoms with van der Waals surface area (Å²) in [7, 11) is 0. The highest BCUT2D eigenvalue weighted by molar-refractivity contribution is 6.30. The number of carbonyl (C=O) groups excluding carboxylic acids is 1. The van der Waals surface area contributed by atoms with E-state index in [1.54, 1.807) is 24.4 Å². The van der Waals surface area contributed by atoms with Crippen LogP contribution in [0, 0.1) is 10.1 Å². The van der Waals surface area contributed by atoms with Gasteiger partial charge in [-0.1, -0.05) is 28.4 Å². The zero-order valence-corrected chi connectivity index (χ0v) is 13.8. The second-order valence-electron chi connectivity index (χ2n) is 5.33. The van der Waals surface area contributed by atoms with E-state index >= 15 is 0 Å². The highest BCUT2D eigenvalue weighted by atomic mass is 35.5. The molecule has 0 saturated carbocycles. The molecule has 0 aliphatic rings. The number of benzene rings is 2. The molecule has 6 nitrogen and oxygen atoms in total. The average Bonchev–Trinajstić information content (AvgIpc) is 2.62. The monoisotopic (exact) mass is 354 g/mol. The van der Waals surface area contributed by atoms with Crippen LogP contribution in [0.1, 0.15) is 10.4 Å². The first-order valence-corrected chi connectivity index (χ1v) is 7.81. The molecule has 1 aromatic heterocycles. The van der Waals surface area contributed by atoms with Gasteiger partial charge in [0.25, 0.3) is 5.69 Å². The molecule has 2 aromatic carbocycles. The summed E-state index contributed by atoms with van der Waals surface area (Å²) >= 11 is 5.89. The van der Waals surface area contributed by atoms with Crippen molar-refractivity contribution < 1.29 is 14.4 Å². The SMILES string of the molecule is O=C(C[n+]1cccc(-c2ccc(Cl)cc2)n1)c1ccc([N+](=O)[O-])cc1. The first-order valence-electron chi connectivity index (χ1n) is 7.43. The minimum absolute atomic E-state index is 0.0409. The fourth-order valence-electron chi connectivity index (χ4n) is 2.31. The van der Waals surface area contributed by atoms with Gasteiger partial charge in [0.05, 0.1) is 4.92 Å². The summed E-state index contributed by atoms with van der Waals surface area (Å²) in [6, 6.07) is 16.4. The van der Waals surface area contributed by atoms with Gasteiger partial charge in [-0.15, -0.1) is 0 Å². The normalized spacial score (nSPS) is 10.4. The molecule has 3 aromatic rings. The molecule has 0 bridgehead atoms. The van der Waals surface area contributed by atoms with Gasteiger partial charge >= 0.3 is 0 Å². The van der Waals surface area contributed by atoms with Gasteiger partial charge in [-0.25, -0.2) is 0 Å². The van der Waals surface area contributed by atoms with Gasteiger partial charge in [-0.05, 0) is 30.3 Å². The van der Waals surface area contributed by atoms with Crippen molar-refractivity contribution >= 4 is 23.1 Å². The fourth-order valence-corrected chi connectivity index (χ4v) is 2.43. The lowest BCUT2D eigenvalue weighted by atomic mass is 10.1. The Balaban J connectivity index is 1.78. The highest BCUT2D eigenvalue weighted by Gasteiger charge is 2.16. The topological polar surface area (TPSA) is 77.0 Å². The lowest BCUT2D eigenvalue weighted by molar-refractivity contribution is -0.740. The van der Waals surface area contributed by atoms with Crippen LogP contribution in [0.25, 0.3) is 11.3 Å². The first kappa shape index (κ1) is 16.7. The minimum Gasteiger partial charge on any atom is -0.287 e. The Bertz CT molecular complexity index is 925. The molecule has 0 fully saturated rings. The molecular formula is C18H13ClN3O3+. The summed E-state index contributed by atoms with van der Waals surface area (Å²) in [6.07, 6.45) is 1.70. The van der Waals surface area contributed by atoms with Crippen molar-refractivity contribution in [2.75, 3.05) is 0 Å². The molecule has 0 saturated heterocycles. The molecule has 0 unspecified atom stereocenters. The highest BCUT2D eigenvalue weighted by Crippen LogP contribution is 2.18. The number of nitro benzene ring substituents is 1. The fraction of sp³-hybridized carbons (Fsp3) is 0.0556. The van der Waals surface area contributed by atoms with Crippen molar-refractivity contribution in [2.24, 2.45) is 0 Å². The van der Waals surface area contributed by atoms with Gasteiger partial charge in [-0.3, -0.25) is 14.9 Å². The van der Waals surface area contributed by atoms with Crippen LogP contribution in [0.4, 0.5) is 5.69 Å². The third kappa shape index (κ3) is 4.05. The minimum atomic E-state index is -0.500. The third-order valence-electron chi connectivity index (χ3n) is 3.59. The first-order chi connectivity index (χ1) is 12.0. The van der Waals surface area contributed by atoms with Crippen molar-refractivity contribution in [1.82, 2.24) is 5.10 Å². The van der Waals surface area contributed by atoms with Crippen LogP contribution in [0.15, 0.2) is 66.9 Å². The molecule has 7 heteroatoms. The molecule has 25 heavy (non-hydrogen) atoms. The standard InChI is InChI=1S/C18H13ClN3O3/c19-15-7-3-13(4-8-15)17-2-1-11-21(20-17)12-18(23)14-5-9-16(10-6-14)22(24)25/h1-11H,12H2/q+1. The summed E-state index contributed by atoms with van der Waals surface area (Å²) < 4.78 is 1.54. The van der Waals surface area contributed by atoms with Crippen LogP contribution in [-0.2, 0) is 6.54 Å². The Labute approximate surface area is 148 Å². The van der Waals surface area contributed by atoms with E-state index in [9.17, 15) is 14.9 Å². The summed E-state index contributed by atoms with van der Waals surface area (Å²) in [5.41, 5.74) is 1.96. The molecule has 1 heterocycles. The number of aromatic nitrogens is 2. The third-order valence-corrected chi connectivity index (χ3v) is 3.85. The quantitative estimate of drug-likeness (QED) is 0.304. The van der Waals surface area contributed by atoms with E-state index in [1.165, 1.54) is 28.9 Å². The zero-order chi connectivity index (χ0) is 17.8. The number of Topliss-reactive ketones (excluding diaryl/α,β-unsaturated/α-hetero) is 1. The van der Waals surface area contributed by atoms with Crippen LogP contribution in [0.5, 0.6) is 0 Å². The number of hydrogen-bond acceptors (Lipinski definition) is 4. The predicted molar refractivity (Wildman–Crippen MR) is 92.3 cm³/mol. The van der Waals surface area contributed by atoms with Crippen LogP contribution < -0.4 is 4.68 Å². The zero-order valence-electron chi connectivity index (χ0n) is 13.0. The van der Waals surface area contributed by atoms with E-state index in [-0.39, 0.29) is 18.0 Å². The summed E-state index contributed by atoms with van der Waals surface area (Å²) in [5.74, 6) is -0.180. The van der Waals surface area contributed by atoms with Crippen LogP contribution in [0.3, 0.4) is 0 Å². The molecule has 0 spiro atoms. The van der Waals surface area contributed by atoms with E-state index in [2.05, 4.69) is 5.10 Å². The molecule has 0 aliphatic carbocycles. The summed E-state index contributed by atoms with van der Waals surface area (Å²) in [4.78, 5) is 22.5. The van der Waals surface area contributed by atoms with Gasteiger partial charge in [0.15, 0.2) is 6.20 Å². The van der Waals surface area contributed by atoms with E-state index in [4.69, 9.17) is 11.6 Å². The van der Waals surface area contributed by atoms with Gasteiger partial charge < -0.3 is 0 Å². The number of nitro groups is 1. The predicted octanol–water partition coefficient (Wildman–Crippen LogP) is 3.48. The Morgan fingerprint density at radius 2 is 1.76 bits per heavy atom. The van der Waals surface area contributed by atoms with Crippen molar-refractivity contribution in [3.05, 3.63) is 87.6 Å². The van der Waals surface area contributed by atoms with Crippen LogP contribution in [0.2, 0.25) is 5.02 Å². The maximum Gasteiger partial charge on any atom is 0.269 e. The van der Waals surface area contributed by atoms with Gasteiger partial charge in [0.1, 0.15) is 5.69 Å². The molecule has 0 atom stereocenters. The average molecular weight is 355 g/mol. The van der Waals surface area contributed by atoms with Crippen molar-refractivity contribution in [2.45, 2.75) is 6.54 Å². The van der Waals surface area contributed by atoms with Crippen LogP contribution >= 0.6 is 11.6 Å². The second-order valence-corrected chi connectivity index (χ2v) is 5.76. The van der Waals surface area contributed by atoms with Crippen molar-refractivity contribution in [3.63, 3.8) is 0 Å². The number of non-ortho nitro benzene ring substituents is 1. The van der Waals surface area contributed by atoms with E-state index in [0.29, 0.717) is 10.6 Å². The maximum atomic E-state index is 12.3. The molecule has 3 rings (SSSR count). The molecular weight excluding hydrogens is 342 g/mol. The summed E-state index contributed by atoms with van der Waals surface area (Å²) in [6.45, 7) is 0.0409. The second kappa shape index (κ2) is 7.19. The molecule has 0 radical (unpaired) electrons. The Hall–Kier alpha value is -3.12. The van der Waals surface area contributed by atoms with E-state index < -0.39 is 4.92 Å². The Kier molecular flexibility index (Phi) is 4.81. The largest absolute Gasteiger partial charge is 0.287 e. The van der Waals surface area contributed by atoms with E-state index in [1.807, 2.05) is 18.2 Å². The molecule has 0 amide bonds. The Morgan fingerprint density at radius 3 is 2.40 bits per heavy atom. The van der Waals surface area contributed by atoms with Gasteiger partial charge in [0, 0.05) is 39.4 Å². The van der Waals surface area contributed by atoms with Crippen molar-refractivity contribution in [1.29, 1.82) is 0 Å². The van der Waals surface area contributed by atoms with Crippen LogP contribution in [-0.4, -0.2) is 15.8 Å². The number of ketones is 1. The summed E-state index contributed by atoms with van der Waals surface area (Å²) in [5, 5.41) is 15.7. The molecule has 0 aliphatic heterocycles. The Morgan fingerprint density at radius 1 is 1.08 bits per heavy atom. The van der Waals surface area contributed by atoms with Gasteiger partial charge in [0.2, 0.25) is 12.3 Å². The number of nitrogens with zero attached hydrogens (tertiary/aromatic N) is 3. The van der Waals surface area contributed by atoms with Gasteiger partial charge in [-0.2, -0.15) is 0 Å². The molecule has 0 N–H and O–H groups in total. The smallest absolute Gasteiger partial charge is 0.269 e. The van der Waals surface area contributed by atoms with Crippen molar-refractivity contribution in [3.8, 4) is 11.3 Å².